The highest BCUT2D eigenvalue weighted by molar-refractivity contribution is 7.98. The van der Waals surface area contributed by atoms with Crippen molar-refractivity contribution in [3.8, 4) is 0 Å². The number of ether oxygens (including phenoxy) is 1. The lowest BCUT2D eigenvalue weighted by molar-refractivity contribution is -0.0184. The van der Waals surface area contributed by atoms with E-state index in [-0.39, 0.29) is 11.5 Å². The van der Waals surface area contributed by atoms with Gasteiger partial charge in [-0.2, -0.15) is 9.97 Å². The minimum Gasteiger partial charge on any atom is -0.368 e. The molecule has 0 bridgehead atoms. The van der Waals surface area contributed by atoms with Crippen LogP contribution in [0.3, 0.4) is 0 Å². The summed E-state index contributed by atoms with van der Waals surface area (Å²) in [6.07, 6.45) is 1.89. The van der Waals surface area contributed by atoms with Gasteiger partial charge in [-0.05, 0) is 27.0 Å². The second-order valence-corrected chi connectivity index (χ2v) is 4.77. The molecule has 0 saturated heterocycles. The SMILES string of the molecule is CSc1nc(N)nc(COC(C)(C)C)n1. The second-order valence-electron chi connectivity index (χ2n) is 4.00. The van der Waals surface area contributed by atoms with Crippen molar-refractivity contribution in [2.45, 2.75) is 38.1 Å². The monoisotopic (exact) mass is 228 g/mol. The van der Waals surface area contributed by atoms with E-state index < -0.39 is 0 Å². The fourth-order valence-electron chi connectivity index (χ4n) is 0.853. The Hall–Kier alpha value is -0.880. The summed E-state index contributed by atoms with van der Waals surface area (Å²) in [7, 11) is 0. The molecule has 5 nitrogen and oxygen atoms in total. The molecule has 84 valence electrons. The van der Waals surface area contributed by atoms with Crippen molar-refractivity contribution in [3.63, 3.8) is 0 Å². The number of nitrogens with two attached hydrogens (primary N) is 1. The lowest BCUT2D eigenvalue weighted by Crippen LogP contribution is -2.20. The predicted molar refractivity (Wildman–Crippen MR) is 60.6 cm³/mol. The first-order valence-electron chi connectivity index (χ1n) is 4.59. The Bertz CT molecular complexity index is 337. The first-order chi connectivity index (χ1) is 6.90. The van der Waals surface area contributed by atoms with Crippen LogP contribution in [0, 0.1) is 0 Å². The number of hydrogen-bond donors (Lipinski definition) is 1. The normalized spacial score (nSPS) is 11.7. The summed E-state index contributed by atoms with van der Waals surface area (Å²) in [5, 5.41) is 0.620. The molecule has 0 atom stereocenters. The molecule has 0 aliphatic rings. The number of aromatic nitrogens is 3. The summed E-state index contributed by atoms with van der Waals surface area (Å²) in [4.78, 5) is 12.2. The third-order valence-electron chi connectivity index (χ3n) is 1.50. The number of nitrogens with zero attached hydrogens (tertiary/aromatic N) is 3. The van der Waals surface area contributed by atoms with Crippen molar-refractivity contribution >= 4 is 17.7 Å². The minimum absolute atomic E-state index is 0.207. The third kappa shape index (κ3) is 4.44. The van der Waals surface area contributed by atoms with Gasteiger partial charge in [-0.1, -0.05) is 11.8 Å². The van der Waals surface area contributed by atoms with Crippen LogP contribution >= 0.6 is 11.8 Å². The second kappa shape index (κ2) is 4.76. The van der Waals surface area contributed by atoms with E-state index in [1.54, 1.807) is 0 Å². The number of thioether (sulfide) groups is 1. The average molecular weight is 228 g/mol. The fourth-order valence-corrected chi connectivity index (χ4v) is 1.23. The summed E-state index contributed by atoms with van der Waals surface area (Å²) in [5.41, 5.74) is 5.34. The smallest absolute Gasteiger partial charge is 0.224 e. The van der Waals surface area contributed by atoms with Gasteiger partial charge in [0, 0.05) is 0 Å². The summed E-state index contributed by atoms with van der Waals surface area (Å²) < 4.78 is 5.55. The first kappa shape index (κ1) is 12.2. The molecule has 0 aliphatic carbocycles. The zero-order chi connectivity index (χ0) is 11.5. The number of rotatable bonds is 3. The van der Waals surface area contributed by atoms with Crippen LogP contribution in [0.15, 0.2) is 5.16 Å². The predicted octanol–water partition coefficient (Wildman–Crippen LogP) is 1.49. The standard InChI is InChI=1S/C9H16N4OS/c1-9(2,3)14-5-6-11-7(10)13-8(12-6)15-4/h5H2,1-4H3,(H2,10,11,12,13). The van der Waals surface area contributed by atoms with E-state index in [9.17, 15) is 0 Å². The lowest BCUT2D eigenvalue weighted by atomic mass is 10.2. The lowest BCUT2D eigenvalue weighted by Gasteiger charge is -2.18. The van der Waals surface area contributed by atoms with E-state index in [2.05, 4.69) is 15.0 Å². The van der Waals surface area contributed by atoms with Gasteiger partial charge < -0.3 is 10.5 Å². The summed E-state index contributed by atoms with van der Waals surface area (Å²) >= 11 is 1.43. The Morgan fingerprint density at radius 2 is 1.93 bits per heavy atom. The van der Waals surface area contributed by atoms with Crippen LogP contribution in [-0.2, 0) is 11.3 Å². The van der Waals surface area contributed by atoms with Gasteiger partial charge >= 0.3 is 0 Å². The van der Waals surface area contributed by atoms with Crippen LogP contribution in [0.25, 0.3) is 0 Å². The Kier molecular flexibility index (Phi) is 3.87. The van der Waals surface area contributed by atoms with E-state index in [4.69, 9.17) is 10.5 Å². The Labute approximate surface area is 93.9 Å². The molecule has 0 spiro atoms. The highest BCUT2D eigenvalue weighted by Crippen LogP contribution is 2.13. The zero-order valence-electron chi connectivity index (χ0n) is 9.44. The Morgan fingerprint density at radius 1 is 1.27 bits per heavy atom. The van der Waals surface area contributed by atoms with Crippen molar-refractivity contribution < 1.29 is 4.74 Å². The average Bonchev–Trinajstić information content (AvgIpc) is 2.13. The zero-order valence-corrected chi connectivity index (χ0v) is 10.3. The van der Waals surface area contributed by atoms with Crippen LogP contribution in [0.5, 0.6) is 0 Å². The van der Waals surface area contributed by atoms with Gasteiger partial charge in [0.1, 0.15) is 6.61 Å². The van der Waals surface area contributed by atoms with E-state index in [0.717, 1.165) is 0 Å². The van der Waals surface area contributed by atoms with Gasteiger partial charge in [0.2, 0.25) is 5.95 Å². The summed E-state index contributed by atoms with van der Waals surface area (Å²) in [5.74, 6) is 0.809. The van der Waals surface area contributed by atoms with Gasteiger partial charge in [0.05, 0.1) is 5.60 Å². The minimum atomic E-state index is -0.207. The molecule has 0 radical (unpaired) electrons. The van der Waals surface area contributed by atoms with Crippen LogP contribution < -0.4 is 5.73 Å². The molecule has 0 amide bonds. The Morgan fingerprint density at radius 3 is 2.47 bits per heavy atom. The molecule has 2 N–H and O–H groups in total. The molecule has 1 aromatic rings. The molecule has 1 heterocycles. The maximum absolute atomic E-state index is 5.55. The maximum atomic E-state index is 5.55. The van der Waals surface area contributed by atoms with Crippen molar-refractivity contribution in [1.29, 1.82) is 0 Å². The molecule has 0 saturated carbocycles. The number of anilines is 1. The van der Waals surface area contributed by atoms with Gasteiger partial charge in [-0.25, -0.2) is 4.98 Å². The third-order valence-corrected chi connectivity index (χ3v) is 2.04. The van der Waals surface area contributed by atoms with Crippen molar-refractivity contribution in [2.24, 2.45) is 0 Å². The van der Waals surface area contributed by atoms with E-state index in [1.165, 1.54) is 11.8 Å². The largest absolute Gasteiger partial charge is 0.368 e. The highest BCUT2D eigenvalue weighted by atomic mass is 32.2. The quantitative estimate of drug-likeness (QED) is 0.790. The topological polar surface area (TPSA) is 73.9 Å². The van der Waals surface area contributed by atoms with Gasteiger partial charge in [0.15, 0.2) is 11.0 Å². The van der Waals surface area contributed by atoms with E-state index >= 15 is 0 Å². The van der Waals surface area contributed by atoms with Crippen LogP contribution in [0.4, 0.5) is 5.95 Å². The van der Waals surface area contributed by atoms with Crippen molar-refractivity contribution in [2.75, 3.05) is 12.0 Å². The van der Waals surface area contributed by atoms with Gasteiger partial charge in [-0.15, -0.1) is 0 Å². The number of hydrogen-bond acceptors (Lipinski definition) is 6. The van der Waals surface area contributed by atoms with Crippen molar-refractivity contribution in [1.82, 2.24) is 15.0 Å². The molecule has 0 fully saturated rings. The summed E-state index contributed by atoms with van der Waals surface area (Å²) in [6, 6.07) is 0. The molecule has 15 heavy (non-hydrogen) atoms. The number of nitrogen functional groups attached to an aromatic ring is 1. The first-order valence-corrected chi connectivity index (χ1v) is 5.81. The van der Waals surface area contributed by atoms with Gasteiger partial charge in [0.25, 0.3) is 0 Å². The summed E-state index contributed by atoms with van der Waals surface area (Å²) in [6.45, 7) is 6.29. The van der Waals surface area contributed by atoms with E-state index in [1.807, 2.05) is 27.0 Å². The van der Waals surface area contributed by atoms with Crippen LogP contribution in [-0.4, -0.2) is 26.8 Å². The highest BCUT2D eigenvalue weighted by Gasteiger charge is 2.12. The molecular weight excluding hydrogens is 212 g/mol. The molecule has 1 rings (SSSR count). The molecular formula is C9H16N4OS. The molecule has 1 aromatic heterocycles. The molecule has 0 aromatic carbocycles. The van der Waals surface area contributed by atoms with Gasteiger partial charge in [-0.3, -0.25) is 0 Å². The van der Waals surface area contributed by atoms with E-state index in [0.29, 0.717) is 17.6 Å². The maximum Gasteiger partial charge on any atom is 0.224 e. The van der Waals surface area contributed by atoms with Crippen LogP contribution in [0.2, 0.25) is 0 Å². The molecule has 0 aliphatic heterocycles. The Balaban J connectivity index is 2.73. The molecule has 0 unspecified atom stereocenters. The molecule has 6 heteroatoms. The van der Waals surface area contributed by atoms with Crippen LogP contribution in [0.1, 0.15) is 26.6 Å². The van der Waals surface area contributed by atoms with Crippen molar-refractivity contribution in [3.05, 3.63) is 5.82 Å². The fraction of sp³-hybridized carbons (Fsp3) is 0.667.